The van der Waals surface area contributed by atoms with E-state index < -0.39 is 12.1 Å². The maximum atomic E-state index is 13.7. The molecule has 1 aliphatic heterocycles. The van der Waals surface area contributed by atoms with Crippen molar-refractivity contribution in [1.29, 1.82) is 0 Å². The van der Waals surface area contributed by atoms with Gasteiger partial charge in [-0.2, -0.15) is 0 Å². The first-order valence-corrected chi connectivity index (χ1v) is 17.7. The van der Waals surface area contributed by atoms with Gasteiger partial charge in [0.15, 0.2) is 0 Å². The smallest absolute Gasteiger partial charge is 0.407 e. The molecule has 1 unspecified atom stereocenters. The van der Waals surface area contributed by atoms with Gasteiger partial charge in [0.2, 0.25) is 5.91 Å². The highest BCUT2D eigenvalue weighted by molar-refractivity contribution is 5.91. The number of alkyl carbamates (subject to hydrolysis) is 1. The molecule has 3 heterocycles. The first-order valence-electron chi connectivity index (χ1n) is 17.7. The maximum absolute atomic E-state index is 13.7. The van der Waals surface area contributed by atoms with Crippen LogP contribution >= 0.6 is 0 Å². The summed E-state index contributed by atoms with van der Waals surface area (Å²) < 4.78 is 4.79. The maximum Gasteiger partial charge on any atom is 0.407 e. The number of carbonyl (C=O) groups excluding carboxylic acids is 2. The van der Waals surface area contributed by atoms with Gasteiger partial charge in [-0.3, -0.25) is 4.79 Å². The number of imidazole rings is 2. The van der Waals surface area contributed by atoms with Crippen LogP contribution in [-0.4, -0.2) is 56.0 Å². The molecular weight excluding hydrogens is 612 g/mol. The van der Waals surface area contributed by atoms with E-state index >= 15 is 0 Å². The number of ether oxygens (including phenoxy) is 1. The van der Waals surface area contributed by atoms with Crippen LogP contribution in [0, 0.1) is 23.7 Å². The molecule has 0 bridgehead atoms. The molecule has 0 radical (unpaired) electrons. The third kappa shape index (κ3) is 5.49. The average molecular weight is 655 g/mol. The van der Waals surface area contributed by atoms with E-state index in [4.69, 9.17) is 14.7 Å². The molecule has 3 N–H and O–H groups in total. The first kappa shape index (κ1) is 30.2. The number of carbonyl (C=O) groups is 2. The van der Waals surface area contributed by atoms with Crippen LogP contribution in [0.15, 0.2) is 73.1 Å². The molecule has 2 aromatic heterocycles. The number of aromatic nitrogens is 4. The number of nitrogens with one attached hydrogen (secondary N) is 3. The molecule has 250 valence electrons. The molecule has 9 rings (SSSR count). The molecule has 2 amide bonds. The van der Waals surface area contributed by atoms with E-state index in [0.717, 1.165) is 58.8 Å². The van der Waals surface area contributed by atoms with Gasteiger partial charge in [-0.05, 0) is 95.4 Å². The van der Waals surface area contributed by atoms with Gasteiger partial charge in [0.25, 0.3) is 0 Å². The van der Waals surface area contributed by atoms with Crippen molar-refractivity contribution in [3.8, 4) is 33.6 Å². The third-order valence-electron chi connectivity index (χ3n) is 11.6. The fourth-order valence-corrected chi connectivity index (χ4v) is 8.59. The average Bonchev–Trinajstić information content (AvgIpc) is 3.68. The van der Waals surface area contributed by atoms with E-state index in [1.54, 1.807) is 0 Å². The summed E-state index contributed by atoms with van der Waals surface area (Å²) in [5, 5.41) is 5.16. The molecular formula is C40H42N6O3. The van der Waals surface area contributed by atoms with Crippen molar-refractivity contribution < 1.29 is 14.3 Å². The largest absolute Gasteiger partial charge is 0.453 e. The van der Waals surface area contributed by atoms with Crippen molar-refractivity contribution in [1.82, 2.24) is 30.2 Å². The lowest BCUT2D eigenvalue weighted by Gasteiger charge is -2.31. The van der Waals surface area contributed by atoms with Crippen LogP contribution in [0.3, 0.4) is 0 Å². The number of likely N-dealkylation sites (tertiary alicyclic amines) is 1. The number of rotatable bonds is 8. The van der Waals surface area contributed by atoms with E-state index in [1.165, 1.54) is 48.3 Å². The second-order valence-corrected chi connectivity index (χ2v) is 15.1. The van der Waals surface area contributed by atoms with Crippen LogP contribution in [0.2, 0.25) is 0 Å². The van der Waals surface area contributed by atoms with Gasteiger partial charge in [-0.25, -0.2) is 14.8 Å². The quantitative estimate of drug-likeness (QED) is 0.158. The van der Waals surface area contributed by atoms with Crippen molar-refractivity contribution in [3.05, 3.63) is 84.7 Å². The van der Waals surface area contributed by atoms with E-state index in [2.05, 4.69) is 75.9 Å². The Bertz CT molecular complexity index is 2050. The Morgan fingerprint density at radius 3 is 2.08 bits per heavy atom. The van der Waals surface area contributed by atoms with Crippen LogP contribution in [0.1, 0.15) is 69.6 Å². The fraction of sp³-hybridized carbons (Fsp3) is 0.400. The predicted molar refractivity (Wildman–Crippen MR) is 188 cm³/mol. The summed E-state index contributed by atoms with van der Waals surface area (Å²) in [7, 11) is 1.32. The Hall–Kier alpha value is -4.92. The first-order chi connectivity index (χ1) is 23.8. The number of nitrogens with zero attached hydrogens (tertiary/aromatic N) is 3. The summed E-state index contributed by atoms with van der Waals surface area (Å²) in [6, 6.07) is 21.2. The standard InChI is InChI=1S/C40H42N6O3/c1-21(2)36(45-40(48)49-3)39(47)46-34-17-30(34)18-35(46)38-42-19-32(44-38)23-6-4-22(5-7-23)24-8-9-26-13-27(11-10-25(26)12-24)33-20-41-37(43-33)31-15-28-14-29(28)16-31/h4-13,19-21,28-31,34-36H,14-18H2,1-3H3,(H,41,43)(H,42,44)(H,45,48)/t28-,29+,30-,31?,34-,35+,36+/m1/s1. The predicted octanol–water partition coefficient (Wildman–Crippen LogP) is 7.84. The number of piperidine rings is 1. The molecule has 0 spiro atoms. The van der Waals surface area contributed by atoms with Gasteiger partial charge in [-0.15, -0.1) is 0 Å². The van der Waals surface area contributed by atoms with Crippen molar-refractivity contribution in [3.63, 3.8) is 0 Å². The lowest BCUT2D eigenvalue weighted by Crippen LogP contribution is -2.52. The summed E-state index contributed by atoms with van der Waals surface area (Å²) in [6.07, 6.45) is 9.15. The Morgan fingerprint density at radius 2 is 1.37 bits per heavy atom. The minimum Gasteiger partial charge on any atom is -0.453 e. The molecule has 7 atom stereocenters. The number of amides is 2. The highest BCUT2D eigenvalue weighted by atomic mass is 16.5. The van der Waals surface area contributed by atoms with Gasteiger partial charge < -0.3 is 24.9 Å². The fourth-order valence-electron chi connectivity index (χ4n) is 8.59. The minimum absolute atomic E-state index is 0.0716. The summed E-state index contributed by atoms with van der Waals surface area (Å²) in [5.41, 5.74) is 6.53. The Labute approximate surface area is 285 Å². The number of hydrogen-bond donors (Lipinski definition) is 3. The van der Waals surface area contributed by atoms with Gasteiger partial charge >= 0.3 is 6.09 Å². The highest BCUT2D eigenvalue weighted by Crippen LogP contribution is 2.57. The van der Waals surface area contributed by atoms with Crippen molar-refractivity contribution in [2.45, 2.75) is 70.0 Å². The third-order valence-corrected chi connectivity index (χ3v) is 11.6. The van der Waals surface area contributed by atoms with Gasteiger partial charge in [-0.1, -0.05) is 62.4 Å². The normalized spacial score (nSPS) is 25.7. The lowest BCUT2D eigenvalue weighted by atomic mass is 9.98. The summed E-state index contributed by atoms with van der Waals surface area (Å²) in [6.45, 7) is 3.87. The molecule has 3 aliphatic carbocycles. The molecule has 5 aromatic rings. The molecule has 1 saturated heterocycles. The number of fused-ring (bicyclic) bond motifs is 3. The number of H-pyrrole nitrogens is 2. The van der Waals surface area contributed by atoms with Gasteiger partial charge in [0.05, 0.1) is 36.9 Å². The van der Waals surface area contributed by atoms with E-state index in [-0.39, 0.29) is 23.9 Å². The number of aromatic amines is 2. The molecule has 3 saturated carbocycles. The monoisotopic (exact) mass is 654 g/mol. The molecule has 49 heavy (non-hydrogen) atoms. The zero-order valence-electron chi connectivity index (χ0n) is 28.1. The van der Waals surface area contributed by atoms with Crippen LogP contribution in [0.4, 0.5) is 4.79 Å². The van der Waals surface area contributed by atoms with Crippen molar-refractivity contribution >= 4 is 22.8 Å². The topological polar surface area (TPSA) is 116 Å². The number of methoxy groups -OCH3 is 1. The summed E-state index contributed by atoms with van der Waals surface area (Å²) in [4.78, 5) is 44.3. The number of benzene rings is 3. The molecule has 9 heteroatoms. The van der Waals surface area contributed by atoms with E-state index in [9.17, 15) is 9.59 Å². The number of hydrogen-bond acceptors (Lipinski definition) is 5. The van der Waals surface area contributed by atoms with E-state index in [0.29, 0.717) is 11.8 Å². The summed E-state index contributed by atoms with van der Waals surface area (Å²) >= 11 is 0. The Morgan fingerprint density at radius 1 is 0.755 bits per heavy atom. The second kappa shape index (κ2) is 11.6. The Kier molecular flexibility index (Phi) is 7.14. The van der Waals surface area contributed by atoms with Crippen LogP contribution in [0.5, 0.6) is 0 Å². The molecule has 4 fully saturated rings. The van der Waals surface area contributed by atoms with Crippen LogP contribution in [0.25, 0.3) is 44.4 Å². The van der Waals surface area contributed by atoms with Crippen LogP contribution in [-0.2, 0) is 9.53 Å². The van der Waals surface area contributed by atoms with E-state index in [1.807, 2.05) is 31.1 Å². The van der Waals surface area contributed by atoms with Crippen molar-refractivity contribution in [2.75, 3.05) is 7.11 Å². The highest BCUT2D eigenvalue weighted by Gasteiger charge is 2.56. The second-order valence-electron chi connectivity index (χ2n) is 15.1. The SMILES string of the molecule is COC(=O)N[C@H](C(=O)N1[C@@H]2C[C@@H]2C[C@H]1c1ncc(-c2ccc(-c3ccc4cc(-c5cnc(C6C[C@@H]7C[C@@H]7C6)[nH]5)ccc4c3)cc2)[nH]1)C(C)C. The lowest BCUT2D eigenvalue weighted by molar-refractivity contribution is -0.136. The molecule has 3 aromatic carbocycles. The zero-order chi connectivity index (χ0) is 33.4. The molecule has 4 aliphatic rings. The summed E-state index contributed by atoms with van der Waals surface area (Å²) in [5.74, 6) is 4.77. The minimum atomic E-state index is -0.649. The van der Waals surface area contributed by atoms with Crippen LogP contribution < -0.4 is 5.32 Å². The molecule has 9 nitrogen and oxygen atoms in total. The van der Waals surface area contributed by atoms with Gasteiger partial charge in [0, 0.05) is 17.5 Å². The zero-order valence-corrected chi connectivity index (χ0v) is 28.1. The van der Waals surface area contributed by atoms with Gasteiger partial charge in [0.1, 0.15) is 17.7 Å². The van der Waals surface area contributed by atoms with Crippen molar-refractivity contribution in [2.24, 2.45) is 23.7 Å². The Balaban J connectivity index is 0.899.